The van der Waals surface area contributed by atoms with Crippen molar-refractivity contribution in [1.82, 2.24) is 15.6 Å². The number of rotatable bonds is 6. The topological polar surface area (TPSA) is 91.3 Å². The number of hydrogen-bond donors (Lipinski definition) is 3. The molecule has 1 fully saturated rings. The number of amides is 2. The highest BCUT2D eigenvalue weighted by atomic mass is 16.3. The van der Waals surface area contributed by atoms with Crippen molar-refractivity contribution in [2.75, 3.05) is 13.2 Å². The van der Waals surface area contributed by atoms with E-state index in [0.717, 1.165) is 12.8 Å². The molecule has 0 bridgehead atoms. The van der Waals surface area contributed by atoms with Gasteiger partial charge in [0.05, 0.1) is 17.7 Å². The highest BCUT2D eigenvalue weighted by Crippen LogP contribution is 2.22. The molecule has 2 amide bonds. The summed E-state index contributed by atoms with van der Waals surface area (Å²) in [5.74, 6) is -0.243. The maximum Gasteiger partial charge on any atom is 0.252 e. The third-order valence-electron chi connectivity index (χ3n) is 4.99. The number of carbonyl (C=O) groups is 2. The zero-order valence-electron chi connectivity index (χ0n) is 14.8. The van der Waals surface area contributed by atoms with Crippen molar-refractivity contribution in [2.45, 2.75) is 38.1 Å². The molecule has 1 aliphatic carbocycles. The van der Waals surface area contributed by atoms with E-state index in [4.69, 9.17) is 0 Å². The Balaban J connectivity index is 1.63. The fourth-order valence-corrected chi connectivity index (χ4v) is 3.48. The second-order valence-corrected chi connectivity index (χ2v) is 6.83. The van der Waals surface area contributed by atoms with Gasteiger partial charge in [0.15, 0.2) is 0 Å². The molecule has 1 atom stereocenters. The monoisotopic (exact) mass is 355 g/mol. The van der Waals surface area contributed by atoms with Crippen LogP contribution in [0.3, 0.4) is 0 Å². The Morgan fingerprint density at radius 2 is 1.92 bits per heavy atom. The molecule has 1 unspecified atom stereocenters. The summed E-state index contributed by atoms with van der Waals surface area (Å²) in [5.41, 5.74) is 1.15. The molecule has 0 saturated heterocycles. The Morgan fingerprint density at radius 1 is 1.15 bits per heavy atom. The number of nitrogens with zero attached hydrogens (tertiary/aromatic N) is 1. The van der Waals surface area contributed by atoms with Crippen LogP contribution in [0.25, 0.3) is 10.9 Å². The molecule has 0 aliphatic heterocycles. The first-order valence-electron chi connectivity index (χ1n) is 9.22. The van der Waals surface area contributed by atoms with Crippen LogP contribution in [0.5, 0.6) is 0 Å². The van der Waals surface area contributed by atoms with Crippen molar-refractivity contribution >= 4 is 22.7 Å². The molecule has 0 spiro atoms. The largest absolute Gasteiger partial charge is 0.394 e. The molecule has 1 saturated carbocycles. The molecular formula is C20H25N3O3. The smallest absolute Gasteiger partial charge is 0.252 e. The van der Waals surface area contributed by atoms with Crippen LogP contribution in [0, 0.1) is 5.92 Å². The third kappa shape index (κ3) is 4.38. The Kier molecular flexibility index (Phi) is 6.17. The predicted molar refractivity (Wildman–Crippen MR) is 99.7 cm³/mol. The van der Waals surface area contributed by atoms with E-state index in [9.17, 15) is 14.7 Å². The summed E-state index contributed by atoms with van der Waals surface area (Å²) in [4.78, 5) is 29.2. The minimum absolute atomic E-state index is 0.343. The van der Waals surface area contributed by atoms with Crippen LogP contribution >= 0.6 is 0 Å². The van der Waals surface area contributed by atoms with E-state index in [1.165, 1.54) is 19.3 Å². The first kappa shape index (κ1) is 18.3. The van der Waals surface area contributed by atoms with E-state index >= 15 is 0 Å². The number of hydrogen-bond acceptors (Lipinski definition) is 4. The summed E-state index contributed by atoms with van der Waals surface area (Å²) in [5, 5.41) is 15.8. The van der Waals surface area contributed by atoms with Gasteiger partial charge in [0, 0.05) is 18.1 Å². The lowest BCUT2D eigenvalue weighted by molar-refractivity contribution is -0.124. The van der Waals surface area contributed by atoms with Gasteiger partial charge >= 0.3 is 0 Å². The van der Waals surface area contributed by atoms with Crippen LogP contribution in [0.4, 0.5) is 0 Å². The fraction of sp³-hybridized carbons (Fsp3) is 0.450. The SMILES string of the molecule is O=C(NC(CO)C(=O)NCC1CCCCC1)c1ccnc2ccccc12. The van der Waals surface area contributed by atoms with Crippen molar-refractivity contribution in [3.63, 3.8) is 0 Å². The highest BCUT2D eigenvalue weighted by molar-refractivity contribution is 6.07. The maximum absolute atomic E-state index is 12.6. The number of aliphatic hydroxyl groups is 1. The highest BCUT2D eigenvalue weighted by Gasteiger charge is 2.23. The summed E-state index contributed by atoms with van der Waals surface area (Å²) in [6, 6.07) is 7.98. The lowest BCUT2D eigenvalue weighted by Crippen LogP contribution is -2.49. The third-order valence-corrected chi connectivity index (χ3v) is 4.99. The number of fused-ring (bicyclic) bond motifs is 1. The van der Waals surface area contributed by atoms with Crippen LogP contribution in [0.2, 0.25) is 0 Å². The van der Waals surface area contributed by atoms with Gasteiger partial charge in [-0.2, -0.15) is 0 Å². The summed E-state index contributed by atoms with van der Waals surface area (Å²) >= 11 is 0. The fourth-order valence-electron chi connectivity index (χ4n) is 3.48. The van der Waals surface area contributed by atoms with Gasteiger partial charge in [0.2, 0.25) is 5.91 Å². The van der Waals surface area contributed by atoms with Crippen LogP contribution in [-0.4, -0.2) is 41.1 Å². The van der Waals surface area contributed by atoms with E-state index in [1.807, 2.05) is 24.3 Å². The number of carbonyl (C=O) groups excluding carboxylic acids is 2. The van der Waals surface area contributed by atoms with Gasteiger partial charge in [0.25, 0.3) is 5.91 Å². The van der Waals surface area contributed by atoms with Crippen molar-refractivity contribution < 1.29 is 14.7 Å². The molecule has 3 N–H and O–H groups in total. The zero-order valence-corrected chi connectivity index (χ0v) is 14.8. The Morgan fingerprint density at radius 3 is 2.69 bits per heavy atom. The molecule has 1 aromatic carbocycles. The molecule has 1 aliphatic rings. The molecule has 1 heterocycles. The molecule has 3 rings (SSSR count). The Hall–Kier alpha value is -2.47. The Bertz CT molecular complexity index is 766. The quantitative estimate of drug-likeness (QED) is 0.739. The summed E-state index contributed by atoms with van der Waals surface area (Å²) < 4.78 is 0. The Labute approximate surface area is 153 Å². The lowest BCUT2D eigenvalue weighted by atomic mass is 9.89. The zero-order chi connectivity index (χ0) is 18.4. The molecule has 26 heavy (non-hydrogen) atoms. The average molecular weight is 355 g/mol. The number of aliphatic hydroxyl groups excluding tert-OH is 1. The number of para-hydroxylation sites is 1. The normalized spacial score (nSPS) is 16.2. The van der Waals surface area contributed by atoms with Gasteiger partial charge in [0.1, 0.15) is 6.04 Å². The van der Waals surface area contributed by atoms with E-state index in [1.54, 1.807) is 12.3 Å². The van der Waals surface area contributed by atoms with Gasteiger partial charge in [-0.05, 0) is 30.9 Å². The van der Waals surface area contributed by atoms with E-state index in [2.05, 4.69) is 15.6 Å². The molecule has 2 aromatic rings. The van der Waals surface area contributed by atoms with Crippen LogP contribution in [-0.2, 0) is 4.79 Å². The number of nitrogens with one attached hydrogen (secondary N) is 2. The average Bonchev–Trinajstić information content (AvgIpc) is 2.70. The van der Waals surface area contributed by atoms with Gasteiger partial charge in [-0.1, -0.05) is 37.5 Å². The van der Waals surface area contributed by atoms with Gasteiger partial charge in [-0.25, -0.2) is 0 Å². The maximum atomic E-state index is 12.6. The molecule has 6 nitrogen and oxygen atoms in total. The second-order valence-electron chi connectivity index (χ2n) is 6.83. The minimum Gasteiger partial charge on any atom is -0.394 e. The van der Waals surface area contributed by atoms with Crippen molar-refractivity contribution in [3.8, 4) is 0 Å². The molecule has 6 heteroatoms. The van der Waals surface area contributed by atoms with Crippen LogP contribution < -0.4 is 10.6 Å². The number of pyridine rings is 1. The first-order chi connectivity index (χ1) is 12.7. The van der Waals surface area contributed by atoms with E-state index < -0.39 is 18.6 Å². The number of benzene rings is 1. The summed E-state index contributed by atoms with van der Waals surface area (Å²) in [6.45, 7) is 0.161. The summed E-state index contributed by atoms with van der Waals surface area (Å²) in [6.07, 6.45) is 7.48. The van der Waals surface area contributed by atoms with E-state index in [0.29, 0.717) is 28.9 Å². The lowest BCUT2D eigenvalue weighted by Gasteiger charge is -2.23. The first-order valence-corrected chi connectivity index (χ1v) is 9.22. The number of aromatic nitrogens is 1. The van der Waals surface area contributed by atoms with Gasteiger partial charge in [-0.3, -0.25) is 14.6 Å². The summed E-state index contributed by atoms with van der Waals surface area (Å²) in [7, 11) is 0. The standard InChI is InChI=1S/C20H25N3O3/c24-13-18(20(26)22-12-14-6-2-1-3-7-14)23-19(25)16-10-11-21-17-9-5-4-8-15(16)17/h4-5,8-11,14,18,24H,1-3,6-7,12-13H2,(H,22,26)(H,23,25). The molecular weight excluding hydrogens is 330 g/mol. The van der Waals surface area contributed by atoms with Crippen molar-refractivity contribution in [3.05, 3.63) is 42.1 Å². The van der Waals surface area contributed by atoms with Crippen molar-refractivity contribution in [1.29, 1.82) is 0 Å². The van der Waals surface area contributed by atoms with Crippen molar-refractivity contribution in [2.24, 2.45) is 5.92 Å². The van der Waals surface area contributed by atoms with E-state index in [-0.39, 0.29) is 5.91 Å². The van der Waals surface area contributed by atoms with Crippen LogP contribution in [0.15, 0.2) is 36.5 Å². The van der Waals surface area contributed by atoms with Gasteiger partial charge in [-0.15, -0.1) is 0 Å². The van der Waals surface area contributed by atoms with Gasteiger partial charge < -0.3 is 15.7 Å². The van der Waals surface area contributed by atoms with Crippen LogP contribution in [0.1, 0.15) is 42.5 Å². The molecule has 138 valence electrons. The molecule has 0 radical (unpaired) electrons. The molecule has 1 aromatic heterocycles. The predicted octanol–water partition coefficient (Wildman–Crippen LogP) is 2.02. The minimum atomic E-state index is -0.960. The second kappa shape index (κ2) is 8.76.